The molecule has 1 aliphatic heterocycles. The minimum atomic E-state index is -0.399. The number of rotatable bonds is 3. The first kappa shape index (κ1) is 15.5. The van der Waals surface area contributed by atoms with E-state index in [1.165, 1.54) is 0 Å². The Balaban J connectivity index is 1.60. The minimum absolute atomic E-state index is 0.182. The summed E-state index contributed by atoms with van der Waals surface area (Å²) >= 11 is 0. The summed E-state index contributed by atoms with van der Waals surface area (Å²) in [4.78, 5) is 18.9. The van der Waals surface area contributed by atoms with E-state index in [1.54, 1.807) is 28.8 Å². The number of amides is 1. The van der Waals surface area contributed by atoms with Crippen molar-refractivity contribution in [3.05, 3.63) is 60.0 Å². The third-order valence-corrected chi connectivity index (χ3v) is 4.05. The highest BCUT2D eigenvalue weighted by atomic mass is 16.5. The first-order valence-electron chi connectivity index (χ1n) is 8.02. The van der Waals surface area contributed by atoms with Gasteiger partial charge in [-0.3, -0.25) is 4.79 Å². The standard InChI is InChI=1S/C17H17N5O3/c1-12-18-16(25-20-12)15-11-24-10-9-21(15)17(23)14-7-8-22(19-14)13-5-3-2-4-6-13/h2-8,15H,9-11H2,1H3/t15-/m1/s1. The van der Waals surface area contributed by atoms with Crippen LogP contribution < -0.4 is 0 Å². The average Bonchev–Trinajstić information content (AvgIpc) is 3.31. The Morgan fingerprint density at radius 2 is 2.08 bits per heavy atom. The van der Waals surface area contributed by atoms with Crippen molar-refractivity contribution in [2.45, 2.75) is 13.0 Å². The Morgan fingerprint density at radius 1 is 1.24 bits per heavy atom. The molecular formula is C17H17N5O3. The second-order valence-electron chi connectivity index (χ2n) is 5.75. The van der Waals surface area contributed by atoms with Crippen LogP contribution in [0.5, 0.6) is 0 Å². The monoisotopic (exact) mass is 339 g/mol. The van der Waals surface area contributed by atoms with Gasteiger partial charge in [0.15, 0.2) is 11.5 Å². The number of hydrogen-bond donors (Lipinski definition) is 0. The molecule has 0 N–H and O–H groups in total. The van der Waals surface area contributed by atoms with Crippen molar-refractivity contribution < 1.29 is 14.1 Å². The molecule has 3 heterocycles. The number of carbonyl (C=O) groups is 1. The number of para-hydroxylation sites is 1. The molecule has 4 rings (SSSR count). The van der Waals surface area contributed by atoms with Gasteiger partial charge < -0.3 is 14.2 Å². The van der Waals surface area contributed by atoms with Gasteiger partial charge in [0, 0.05) is 12.7 Å². The second kappa shape index (κ2) is 6.48. The van der Waals surface area contributed by atoms with Gasteiger partial charge in [0.05, 0.1) is 18.9 Å². The molecule has 1 atom stereocenters. The van der Waals surface area contributed by atoms with E-state index in [-0.39, 0.29) is 5.91 Å². The lowest BCUT2D eigenvalue weighted by atomic mass is 10.2. The van der Waals surface area contributed by atoms with Crippen molar-refractivity contribution in [3.63, 3.8) is 0 Å². The predicted molar refractivity (Wildman–Crippen MR) is 87.2 cm³/mol. The van der Waals surface area contributed by atoms with Crippen LogP contribution in [0.3, 0.4) is 0 Å². The Hall–Kier alpha value is -3.00. The van der Waals surface area contributed by atoms with Gasteiger partial charge in [0.2, 0.25) is 0 Å². The van der Waals surface area contributed by atoms with E-state index >= 15 is 0 Å². The number of carbonyl (C=O) groups excluding carboxylic acids is 1. The van der Waals surface area contributed by atoms with E-state index in [0.717, 1.165) is 5.69 Å². The van der Waals surface area contributed by atoms with Crippen LogP contribution in [0.2, 0.25) is 0 Å². The highest BCUT2D eigenvalue weighted by molar-refractivity contribution is 5.92. The maximum atomic E-state index is 12.9. The summed E-state index contributed by atoms with van der Waals surface area (Å²) in [5.41, 5.74) is 1.26. The smallest absolute Gasteiger partial charge is 0.275 e. The van der Waals surface area contributed by atoms with E-state index < -0.39 is 6.04 Å². The van der Waals surface area contributed by atoms with Gasteiger partial charge in [-0.25, -0.2) is 4.68 Å². The third kappa shape index (κ3) is 3.03. The number of aryl methyl sites for hydroxylation is 1. The van der Waals surface area contributed by atoms with Crippen molar-refractivity contribution in [3.8, 4) is 5.69 Å². The molecule has 0 bridgehead atoms. The first-order chi connectivity index (χ1) is 12.2. The van der Waals surface area contributed by atoms with Gasteiger partial charge in [-0.2, -0.15) is 10.1 Å². The Labute approximate surface area is 144 Å². The number of benzene rings is 1. The van der Waals surface area contributed by atoms with Crippen LogP contribution in [0.15, 0.2) is 47.1 Å². The van der Waals surface area contributed by atoms with Crippen molar-refractivity contribution >= 4 is 5.91 Å². The molecule has 128 valence electrons. The molecule has 0 spiro atoms. The van der Waals surface area contributed by atoms with Gasteiger partial charge >= 0.3 is 0 Å². The molecule has 2 aromatic heterocycles. The van der Waals surface area contributed by atoms with Crippen LogP contribution in [0.1, 0.15) is 28.2 Å². The van der Waals surface area contributed by atoms with E-state index in [2.05, 4.69) is 15.2 Å². The van der Waals surface area contributed by atoms with Crippen LogP contribution in [-0.2, 0) is 4.74 Å². The quantitative estimate of drug-likeness (QED) is 0.723. The zero-order chi connectivity index (χ0) is 17.2. The second-order valence-corrected chi connectivity index (χ2v) is 5.75. The number of ether oxygens (including phenoxy) is 1. The summed E-state index contributed by atoms with van der Waals surface area (Å²) in [5, 5.41) is 8.21. The molecule has 0 unspecified atom stereocenters. The van der Waals surface area contributed by atoms with Gasteiger partial charge in [0.25, 0.3) is 11.8 Å². The number of aromatic nitrogens is 4. The predicted octanol–water partition coefficient (Wildman–Crippen LogP) is 1.78. The van der Waals surface area contributed by atoms with Crippen LogP contribution >= 0.6 is 0 Å². The van der Waals surface area contributed by atoms with Crippen LogP contribution in [-0.4, -0.2) is 50.5 Å². The SMILES string of the molecule is Cc1noc([C@H]2COCCN2C(=O)c2ccn(-c3ccccc3)n2)n1. The summed E-state index contributed by atoms with van der Waals surface area (Å²) in [6.07, 6.45) is 1.77. The molecule has 1 aliphatic rings. The van der Waals surface area contributed by atoms with Gasteiger partial charge in [-0.15, -0.1) is 0 Å². The topological polar surface area (TPSA) is 86.3 Å². The maximum Gasteiger partial charge on any atom is 0.275 e. The van der Waals surface area contributed by atoms with Crippen LogP contribution in [0.25, 0.3) is 5.69 Å². The normalized spacial score (nSPS) is 17.6. The molecule has 3 aromatic rings. The molecule has 1 aromatic carbocycles. The summed E-state index contributed by atoms with van der Waals surface area (Å²) in [6.45, 7) is 2.98. The average molecular weight is 339 g/mol. The van der Waals surface area contributed by atoms with E-state index in [9.17, 15) is 4.79 Å². The van der Waals surface area contributed by atoms with Gasteiger partial charge in [-0.05, 0) is 25.1 Å². The largest absolute Gasteiger partial charge is 0.377 e. The summed E-state index contributed by atoms with van der Waals surface area (Å²) in [5.74, 6) is 0.730. The lowest BCUT2D eigenvalue weighted by Crippen LogP contribution is -2.43. The first-order valence-corrected chi connectivity index (χ1v) is 8.02. The molecule has 0 radical (unpaired) electrons. The van der Waals surface area contributed by atoms with E-state index in [1.807, 2.05) is 30.3 Å². The molecule has 8 nitrogen and oxygen atoms in total. The zero-order valence-electron chi connectivity index (χ0n) is 13.7. The summed E-state index contributed by atoms with van der Waals surface area (Å²) < 4.78 is 12.4. The summed E-state index contributed by atoms with van der Waals surface area (Å²) in [7, 11) is 0. The fraction of sp³-hybridized carbons (Fsp3) is 0.294. The molecule has 0 aliphatic carbocycles. The van der Waals surface area contributed by atoms with Gasteiger partial charge in [-0.1, -0.05) is 23.4 Å². The Kier molecular flexibility index (Phi) is 4.02. The number of morpholine rings is 1. The van der Waals surface area contributed by atoms with Crippen molar-refractivity contribution in [1.82, 2.24) is 24.8 Å². The highest BCUT2D eigenvalue weighted by Crippen LogP contribution is 2.24. The van der Waals surface area contributed by atoms with Gasteiger partial charge in [0.1, 0.15) is 6.04 Å². The molecule has 1 fully saturated rings. The van der Waals surface area contributed by atoms with Crippen molar-refractivity contribution in [2.24, 2.45) is 0 Å². The van der Waals surface area contributed by atoms with E-state index in [4.69, 9.17) is 9.26 Å². The van der Waals surface area contributed by atoms with Crippen LogP contribution in [0.4, 0.5) is 0 Å². The highest BCUT2D eigenvalue weighted by Gasteiger charge is 2.34. The Morgan fingerprint density at radius 3 is 2.84 bits per heavy atom. The fourth-order valence-corrected chi connectivity index (χ4v) is 2.81. The van der Waals surface area contributed by atoms with Crippen molar-refractivity contribution in [1.29, 1.82) is 0 Å². The van der Waals surface area contributed by atoms with E-state index in [0.29, 0.717) is 37.2 Å². The lowest BCUT2D eigenvalue weighted by Gasteiger charge is -2.32. The minimum Gasteiger partial charge on any atom is -0.377 e. The lowest BCUT2D eigenvalue weighted by molar-refractivity contribution is -0.0122. The summed E-state index contributed by atoms with van der Waals surface area (Å²) in [6, 6.07) is 11.0. The zero-order valence-corrected chi connectivity index (χ0v) is 13.7. The number of nitrogens with zero attached hydrogens (tertiary/aromatic N) is 5. The number of hydrogen-bond acceptors (Lipinski definition) is 6. The molecule has 25 heavy (non-hydrogen) atoms. The third-order valence-electron chi connectivity index (χ3n) is 4.05. The fourth-order valence-electron chi connectivity index (χ4n) is 2.81. The van der Waals surface area contributed by atoms with Crippen molar-refractivity contribution in [2.75, 3.05) is 19.8 Å². The molecule has 8 heteroatoms. The van der Waals surface area contributed by atoms with Crippen LogP contribution in [0, 0.1) is 6.92 Å². The maximum absolute atomic E-state index is 12.9. The molecule has 1 saturated heterocycles. The molecular weight excluding hydrogens is 322 g/mol. The Bertz CT molecular complexity index is 873. The molecule has 0 saturated carbocycles. The molecule has 1 amide bonds.